The average Bonchev–Trinajstić information content (AvgIpc) is 2.67. The number of fused-ring (bicyclic) bond motifs is 1. The van der Waals surface area contributed by atoms with Crippen molar-refractivity contribution in [3.8, 4) is 0 Å². The Morgan fingerprint density at radius 3 is 2.83 bits per heavy atom. The third kappa shape index (κ3) is 2.93. The standard InChI is InChI=1S/C17H24N2O4/c1-16(2)10-19(8-11(22-16)9-21-5)14-13-12(6-7-18-14)17(3,4)23-15(13)20/h6-7,11H,8-10H2,1-5H3. The number of esters is 1. The average molecular weight is 320 g/mol. The molecule has 3 rings (SSSR count). The minimum absolute atomic E-state index is 0.0631. The molecule has 1 aromatic heterocycles. The van der Waals surface area contributed by atoms with Crippen LogP contribution in [0.2, 0.25) is 0 Å². The summed E-state index contributed by atoms with van der Waals surface area (Å²) in [5, 5.41) is 0. The van der Waals surface area contributed by atoms with Gasteiger partial charge >= 0.3 is 5.97 Å². The maximum atomic E-state index is 12.4. The highest BCUT2D eigenvalue weighted by atomic mass is 16.6. The zero-order valence-corrected chi connectivity index (χ0v) is 14.4. The molecule has 0 amide bonds. The van der Waals surface area contributed by atoms with Crippen molar-refractivity contribution in [1.82, 2.24) is 4.98 Å². The summed E-state index contributed by atoms with van der Waals surface area (Å²) < 4.78 is 16.8. The Bertz CT molecular complexity index is 627. The second kappa shape index (κ2) is 5.46. The molecule has 0 bridgehead atoms. The predicted octanol–water partition coefficient (Wildman–Crippen LogP) is 2.12. The van der Waals surface area contributed by atoms with E-state index < -0.39 is 5.60 Å². The smallest absolute Gasteiger partial charge is 0.343 e. The molecule has 0 spiro atoms. The van der Waals surface area contributed by atoms with E-state index >= 15 is 0 Å². The summed E-state index contributed by atoms with van der Waals surface area (Å²) in [6.07, 6.45) is 1.68. The van der Waals surface area contributed by atoms with Crippen molar-refractivity contribution in [2.24, 2.45) is 0 Å². The molecule has 6 nitrogen and oxygen atoms in total. The third-order valence-corrected chi connectivity index (χ3v) is 4.27. The van der Waals surface area contributed by atoms with Crippen molar-refractivity contribution in [2.45, 2.75) is 45.0 Å². The van der Waals surface area contributed by atoms with Crippen molar-refractivity contribution in [3.05, 3.63) is 23.4 Å². The first-order valence-corrected chi connectivity index (χ1v) is 7.88. The lowest BCUT2D eigenvalue weighted by atomic mass is 9.96. The van der Waals surface area contributed by atoms with Gasteiger partial charge in [-0.3, -0.25) is 0 Å². The Morgan fingerprint density at radius 1 is 1.39 bits per heavy atom. The van der Waals surface area contributed by atoms with Gasteiger partial charge in [0.25, 0.3) is 0 Å². The molecule has 2 aliphatic rings. The zero-order chi connectivity index (χ0) is 16.8. The number of carbonyl (C=O) groups is 1. The molecule has 3 heterocycles. The van der Waals surface area contributed by atoms with Gasteiger partial charge in [0.1, 0.15) is 17.0 Å². The minimum atomic E-state index is -0.613. The number of hydrogen-bond donors (Lipinski definition) is 0. The lowest BCUT2D eigenvalue weighted by molar-refractivity contribution is -0.106. The highest BCUT2D eigenvalue weighted by molar-refractivity contribution is 5.99. The van der Waals surface area contributed by atoms with E-state index in [0.717, 1.165) is 5.56 Å². The summed E-state index contributed by atoms with van der Waals surface area (Å²) in [5.41, 5.74) is 0.508. The van der Waals surface area contributed by atoms with Crippen LogP contribution in [-0.4, -0.2) is 49.5 Å². The molecule has 23 heavy (non-hydrogen) atoms. The van der Waals surface area contributed by atoms with Gasteiger partial charge in [-0.25, -0.2) is 9.78 Å². The maximum Gasteiger partial charge on any atom is 0.343 e. The number of rotatable bonds is 3. The highest BCUT2D eigenvalue weighted by Gasteiger charge is 2.43. The van der Waals surface area contributed by atoms with Gasteiger partial charge in [0, 0.05) is 32.0 Å². The van der Waals surface area contributed by atoms with Gasteiger partial charge < -0.3 is 19.1 Å². The SMILES string of the molecule is COCC1CN(c2nccc3c2C(=O)OC3(C)C)CC(C)(C)O1. The number of aromatic nitrogens is 1. The van der Waals surface area contributed by atoms with Crippen LogP contribution in [0.4, 0.5) is 5.82 Å². The van der Waals surface area contributed by atoms with Gasteiger partial charge in [0.2, 0.25) is 0 Å². The molecule has 0 aromatic carbocycles. The van der Waals surface area contributed by atoms with Gasteiger partial charge in [-0.1, -0.05) is 0 Å². The Labute approximate surface area is 136 Å². The Kier molecular flexibility index (Phi) is 3.84. The summed E-state index contributed by atoms with van der Waals surface area (Å²) in [7, 11) is 1.66. The lowest BCUT2D eigenvalue weighted by Gasteiger charge is -2.43. The monoisotopic (exact) mass is 320 g/mol. The molecule has 2 aliphatic heterocycles. The van der Waals surface area contributed by atoms with Crippen molar-refractivity contribution < 1.29 is 19.0 Å². The van der Waals surface area contributed by atoms with Gasteiger partial charge in [0.15, 0.2) is 0 Å². The quantitative estimate of drug-likeness (QED) is 0.795. The molecule has 1 atom stereocenters. The summed E-state index contributed by atoms with van der Waals surface area (Å²) in [5.74, 6) is 0.372. The molecule has 0 saturated carbocycles. The number of hydrogen-bond acceptors (Lipinski definition) is 6. The van der Waals surface area contributed by atoms with E-state index in [9.17, 15) is 4.79 Å². The van der Waals surface area contributed by atoms with Crippen molar-refractivity contribution in [2.75, 3.05) is 31.7 Å². The van der Waals surface area contributed by atoms with E-state index in [1.54, 1.807) is 13.3 Å². The van der Waals surface area contributed by atoms with E-state index in [1.807, 2.05) is 33.8 Å². The number of pyridine rings is 1. The van der Waals surface area contributed by atoms with Gasteiger partial charge in [-0.2, -0.15) is 0 Å². The largest absolute Gasteiger partial charge is 0.451 e. The summed E-state index contributed by atoms with van der Waals surface area (Å²) in [6, 6.07) is 1.86. The molecule has 6 heteroatoms. The number of ether oxygens (including phenoxy) is 3. The van der Waals surface area contributed by atoms with Crippen molar-refractivity contribution in [3.63, 3.8) is 0 Å². The van der Waals surface area contributed by atoms with Crippen LogP contribution in [-0.2, 0) is 19.8 Å². The first-order chi connectivity index (χ1) is 10.7. The molecule has 0 N–H and O–H groups in total. The number of cyclic esters (lactones) is 1. The molecule has 1 unspecified atom stereocenters. The Hall–Kier alpha value is -1.66. The second-order valence-electron chi connectivity index (χ2n) is 7.29. The summed E-state index contributed by atoms with van der Waals surface area (Å²) in [4.78, 5) is 19.0. The Balaban J connectivity index is 1.99. The minimum Gasteiger partial charge on any atom is -0.451 e. The molecule has 0 aliphatic carbocycles. The molecule has 126 valence electrons. The van der Waals surface area contributed by atoms with Gasteiger partial charge in [-0.05, 0) is 33.8 Å². The fourth-order valence-corrected chi connectivity index (χ4v) is 3.46. The van der Waals surface area contributed by atoms with E-state index in [-0.39, 0.29) is 17.7 Å². The highest BCUT2D eigenvalue weighted by Crippen LogP contribution is 2.40. The summed E-state index contributed by atoms with van der Waals surface area (Å²) in [6.45, 7) is 9.67. The van der Waals surface area contributed by atoms with Crippen LogP contribution in [0.3, 0.4) is 0 Å². The number of nitrogens with zero attached hydrogens (tertiary/aromatic N) is 2. The topological polar surface area (TPSA) is 60.9 Å². The predicted molar refractivity (Wildman–Crippen MR) is 85.7 cm³/mol. The van der Waals surface area contributed by atoms with Crippen molar-refractivity contribution in [1.29, 1.82) is 0 Å². The van der Waals surface area contributed by atoms with Gasteiger partial charge in [0.05, 0.1) is 18.3 Å². The normalized spacial score (nSPS) is 25.2. The molecule has 0 radical (unpaired) electrons. The van der Waals surface area contributed by atoms with Crippen LogP contribution in [0.1, 0.15) is 43.6 Å². The third-order valence-electron chi connectivity index (χ3n) is 4.27. The van der Waals surface area contributed by atoms with Crippen LogP contribution in [0.5, 0.6) is 0 Å². The molecule has 1 saturated heterocycles. The van der Waals surface area contributed by atoms with Crippen LogP contribution < -0.4 is 4.90 Å². The summed E-state index contributed by atoms with van der Waals surface area (Å²) >= 11 is 0. The number of anilines is 1. The molecular weight excluding hydrogens is 296 g/mol. The second-order valence-corrected chi connectivity index (χ2v) is 7.29. The number of methoxy groups -OCH3 is 1. The number of morpholine rings is 1. The Morgan fingerprint density at radius 2 is 2.13 bits per heavy atom. The van der Waals surface area contributed by atoms with Crippen LogP contribution in [0, 0.1) is 0 Å². The van der Waals surface area contributed by atoms with Crippen molar-refractivity contribution >= 4 is 11.8 Å². The van der Waals surface area contributed by atoms with E-state index in [1.165, 1.54) is 0 Å². The lowest BCUT2D eigenvalue weighted by Crippen LogP contribution is -2.54. The molecule has 1 fully saturated rings. The van der Waals surface area contributed by atoms with Crippen LogP contribution >= 0.6 is 0 Å². The van der Waals surface area contributed by atoms with Crippen LogP contribution in [0.15, 0.2) is 12.3 Å². The van der Waals surface area contributed by atoms with E-state index in [2.05, 4.69) is 9.88 Å². The molecule has 1 aromatic rings. The maximum absolute atomic E-state index is 12.4. The fraction of sp³-hybridized carbons (Fsp3) is 0.647. The number of carbonyl (C=O) groups excluding carboxylic acids is 1. The zero-order valence-electron chi connectivity index (χ0n) is 14.4. The first-order valence-electron chi connectivity index (χ1n) is 7.88. The first kappa shape index (κ1) is 16.2. The molecular formula is C17H24N2O4. The van der Waals surface area contributed by atoms with Gasteiger partial charge in [-0.15, -0.1) is 0 Å². The van der Waals surface area contributed by atoms with E-state index in [0.29, 0.717) is 31.1 Å². The van der Waals surface area contributed by atoms with E-state index in [4.69, 9.17) is 14.2 Å². The van der Waals surface area contributed by atoms with Crippen LogP contribution in [0.25, 0.3) is 0 Å². The fourth-order valence-electron chi connectivity index (χ4n) is 3.46.